The van der Waals surface area contributed by atoms with E-state index in [0.717, 1.165) is 13.0 Å². The summed E-state index contributed by atoms with van der Waals surface area (Å²) >= 11 is 0. The van der Waals surface area contributed by atoms with Crippen LogP contribution in [0, 0.1) is 15.9 Å². The molecule has 0 heterocycles. The highest BCUT2D eigenvalue weighted by atomic mass is 19.3. The number of alkyl halides is 2. The molecule has 0 radical (unpaired) electrons. The highest BCUT2D eigenvalue weighted by molar-refractivity contribution is 5.39. The Hall–Kier alpha value is -1.67. The van der Waals surface area contributed by atoms with Crippen LogP contribution in [0.25, 0.3) is 0 Å². The van der Waals surface area contributed by atoms with Gasteiger partial charge in [-0.15, -0.1) is 0 Å². The summed E-state index contributed by atoms with van der Waals surface area (Å²) in [6, 6.07) is 2.16. The van der Waals surface area contributed by atoms with Crippen LogP contribution in [0.1, 0.15) is 12.5 Å². The van der Waals surface area contributed by atoms with Crippen LogP contribution in [0.2, 0.25) is 0 Å². The minimum atomic E-state index is -3.82. The number of non-ortho nitro benzene ring substituents is 1. The SMILES string of the molecule is CC(N)(c1cc([N+](=O)[O-])ccc1F)C(F)(F)CO. The third-order valence-electron chi connectivity index (χ3n) is 2.68. The standard InChI is InChI=1S/C10H11F3N2O3/c1-9(14,10(12,13)5-16)7-4-6(15(17)18)2-3-8(7)11/h2-4,16H,5,14H2,1H3. The van der Waals surface area contributed by atoms with E-state index in [2.05, 4.69) is 0 Å². The molecular weight excluding hydrogens is 253 g/mol. The van der Waals surface area contributed by atoms with Crippen molar-refractivity contribution in [1.82, 2.24) is 0 Å². The van der Waals surface area contributed by atoms with Gasteiger partial charge in [0.25, 0.3) is 11.6 Å². The van der Waals surface area contributed by atoms with Gasteiger partial charge < -0.3 is 10.8 Å². The van der Waals surface area contributed by atoms with E-state index in [-0.39, 0.29) is 0 Å². The van der Waals surface area contributed by atoms with E-state index in [0.29, 0.717) is 12.1 Å². The van der Waals surface area contributed by atoms with E-state index in [1.807, 2.05) is 0 Å². The van der Waals surface area contributed by atoms with Gasteiger partial charge in [-0.1, -0.05) is 0 Å². The fourth-order valence-corrected chi connectivity index (χ4v) is 1.39. The largest absolute Gasteiger partial charge is 0.390 e. The molecule has 1 unspecified atom stereocenters. The first-order valence-electron chi connectivity index (χ1n) is 4.85. The van der Waals surface area contributed by atoms with Gasteiger partial charge in [0.05, 0.1) is 4.92 Å². The van der Waals surface area contributed by atoms with Crippen LogP contribution < -0.4 is 5.73 Å². The number of nitro benzene ring substituents is 1. The molecular formula is C10H11F3N2O3. The molecule has 1 aromatic carbocycles. The number of hydrogen-bond acceptors (Lipinski definition) is 4. The zero-order valence-corrected chi connectivity index (χ0v) is 9.36. The number of hydrogen-bond donors (Lipinski definition) is 2. The van der Waals surface area contributed by atoms with Crippen molar-refractivity contribution in [2.24, 2.45) is 5.73 Å². The first kappa shape index (κ1) is 14.4. The highest BCUT2D eigenvalue weighted by Crippen LogP contribution is 2.37. The van der Waals surface area contributed by atoms with Gasteiger partial charge in [-0.2, -0.15) is 0 Å². The van der Waals surface area contributed by atoms with Crippen molar-refractivity contribution >= 4 is 5.69 Å². The van der Waals surface area contributed by atoms with Crippen molar-refractivity contribution < 1.29 is 23.2 Å². The predicted molar refractivity (Wildman–Crippen MR) is 56.6 cm³/mol. The van der Waals surface area contributed by atoms with Crippen LogP contribution in [0.4, 0.5) is 18.9 Å². The Labute approximate surface area is 100 Å². The van der Waals surface area contributed by atoms with Crippen LogP contribution in [0.15, 0.2) is 18.2 Å². The molecule has 8 heteroatoms. The number of halogens is 3. The van der Waals surface area contributed by atoms with Crippen molar-refractivity contribution in [3.63, 3.8) is 0 Å². The summed E-state index contributed by atoms with van der Waals surface area (Å²) in [5.41, 5.74) is 1.48. The lowest BCUT2D eigenvalue weighted by molar-refractivity contribution is -0.385. The summed E-state index contributed by atoms with van der Waals surface area (Å²) in [6.07, 6.45) is 0. The molecule has 5 nitrogen and oxygen atoms in total. The van der Waals surface area contributed by atoms with Crippen molar-refractivity contribution in [2.75, 3.05) is 6.61 Å². The molecule has 1 aromatic rings. The average Bonchev–Trinajstić information content (AvgIpc) is 2.28. The second-order valence-electron chi connectivity index (χ2n) is 3.99. The molecule has 100 valence electrons. The Balaban J connectivity index is 3.40. The molecule has 0 amide bonds. The number of aliphatic hydroxyl groups excluding tert-OH is 1. The molecule has 0 saturated heterocycles. The Bertz CT molecular complexity index is 477. The maximum atomic E-state index is 13.5. The topological polar surface area (TPSA) is 89.4 Å². The van der Waals surface area contributed by atoms with E-state index in [1.54, 1.807) is 0 Å². The molecule has 0 spiro atoms. The lowest BCUT2D eigenvalue weighted by atomic mass is 9.86. The van der Waals surface area contributed by atoms with E-state index >= 15 is 0 Å². The van der Waals surface area contributed by atoms with Crippen LogP contribution in [0.5, 0.6) is 0 Å². The molecule has 0 aromatic heterocycles. The summed E-state index contributed by atoms with van der Waals surface area (Å²) in [5, 5.41) is 19.1. The molecule has 1 rings (SSSR count). The lowest BCUT2D eigenvalue weighted by Crippen LogP contribution is -2.53. The maximum Gasteiger partial charge on any atom is 0.292 e. The minimum absolute atomic E-state index is 0.559. The number of rotatable bonds is 4. The van der Waals surface area contributed by atoms with E-state index in [9.17, 15) is 23.3 Å². The fraction of sp³-hybridized carbons (Fsp3) is 0.400. The predicted octanol–water partition coefficient (Wildman–Crippen LogP) is 1.54. The van der Waals surface area contributed by atoms with Crippen molar-refractivity contribution in [3.8, 4) is 0 Å². The summed E-state index contributed by atoms with van der Waals surface area (Å²) in [7, 11) is 0. The Morgan fingerprint density at radius 3 is 2.50 bits per heavy atom. The number of aliphatic hydroxyl groups is 1. The molecule has 0 fully saturated rings. The number of benzene rings is 1. The maximum absolute atomic E-state index is 13.5. The normalized spacial score (nSPS) is 15.2. The van der Waals surface area contributed by atoms with Crippen molar-refractivity contribution in [1.29, 1.82) is 0 Å². The van der Waals surface area contributed by atoms with Gasteiger partial charge in [0.15, 0.2) is 0 Å². The molecule has 0 saturated carbocycles. The van der Waals surface area contributed by atoms with Gasteiger partial charge in [0, 0.05) is 17.7 Å². The molecule has 0 aliphatic heterocycles. The zero-order chi connectivity index (χ0) is 14.1. The van der Waals surface area contributed by atoms with Crippen LogP contribution in [-0.2, 0) is 5.54 Å². The first-order valence-corrected chi connectivity index (χ1v) is 4.85. The van der Waals surface area contributed by atoms with Crippen LogP contribution in [0.3, 0.4) is 0 Å². The van der Waals surface area contributed by atoms with Crippen LogP contribution in [-0.4, -0.2) is 22.6 Å². The molecule has 0 bridgehead atoms. The second kappa shape index (κ2) is 4.54. The second-order valence-corrected chi connectivity index (χ2v) is 3.99. The lowest BCUT2D eigenvalue weighted by Gasteiger charge is -2.32. The first-order chi connectivity index (χ1) is 8.13. The molecule has 18 heavy (non-hydrogen) atoms. The molecule has 3 N–H and O–H groups in total. The molecule has 0 aliphatic rings. The van der Waals surface area contributed by atoms with Gasteiger partial charge in [-0.3, -0.25) is 10.1 Å². The van der Waals surface area contributed by atoms with Gasteiger partial charge in [0.1, 0.15) is 18.0 Å². The van der Waals surface area contributed by atoms with Gasteiger partial charge in [-0.25, -0.2) is 13.2 Å². The Morgan fingerprint density at radius 2 is 2.06 bits per heavy atom. The summed E-state index contributed by atoms with van der Waals surface area (Å²) in [6.45, 7) is -0.798. The summed E-state index contributed by atoms with van der Waals surface area (Å²) in [5.74, 6) is -4.91. The summed E-state index contributed by atoms with van der Waals surface area (Å²) < 4.78 is 40.3. The van der Waals surface area contributed by atoms with Crippen molar-refractivity contribution in [3.05, 3.63) is 39.7 Å². The van der Waals surface area contributed by atoms with Crippen LogP contribution >= 0.6 is 0 Å². The Morgan fingerprint density at radius 1 is 1.50 bits per heavy atom. The number of nitro groups is 1. The third-order valence-corrected chi connectivity index (χ3v) is 2.68. The van der Waals surface area contributed by atoms with Gasteiger partial charge >= 0.3 is 0 Å². The molecule has 1 atom stereocenters. The number of nitrogens with zero attached hydrogens (tertiary/aromatic N) is 1. The minimum Gasteiger partial charge on any atom is -0.390 e. The van der Waals surface area contributed by atoms with E-state index in [1.165, 1.54) is 0 Å². The Kier molecular flexibility index (Phi) is 3.63. The van der Waals surface area contributed by atoms with Crippen molar-refractivity contribution in [2.45, 2.75) is 18.4 Å². The average molecular weight is 264 g/mol. The highest BCUT2D eigenvalue weighted by Gasteiger charge is 2.49. The van der Waals surface area contributed by atoms with E-state index < -0.39 is 40.1 Å². The van der Waals surface area contributed by atoms with E-state index in [4.69, 9.17) is 10.8 Å². The molecule has 0 aliphatic carbocycles. The smallest absolute Gasteiger partial charge is 0.292 e. The zero-order valence-electron chi connectivity index (χ0n) is 9.36. The van der Waals surface area contributed by atoms with Gasteiger partial charge in [0.2, 0.25) is 0 Å². The fourth-order valence-electron chi connectivity index (χ4n) is 1.39. The monoisotopic (exact) mass is 264 g/mol. The van der Waals surface area contributed by atoms with Gasteiger partial charge in [-0.05, 0) is 13.0 Å². The number of nitrogens with two attached hydrogens (primary N) is 1. The quantitative estimate of drug-likeness (QED) is 0.637. The summed E-state index contributed by atoms with van der Waals surface area (Å²) in [4.78, 5) is 9.66. The third kappa shape index (κ3) is 2.29.